The van der Waals surface area contributed by atoms with Gasteiger partial charge in [0, 0.05) is 11.6 Å². The molecule has 1 N–H and O–H groups in total. The fraction of sp³-hybridized carbons (Fsp3) is 0.250. The van der Waals surface area contributed by atoms with Crippen molar-refractivity contribution in [1.82, 2.24) is 0 Å². The van der Waals surface area contributed by atoms with Gasteiger partial charge in [0.15, 0.2) is 0 Å². The molecule has 2 aromatic rings. The Morgan fingerprint density at radius 1 is 1.21 bits per heavy atom. The van der Waals surface area contributed by atoms with E-state index in [1.807, 2.05) is 25.1 Å². The van der Waals surface area contributed by atoms with Crippen LogP contribution in [0.3, 0.4) is 0 Å². The van der Waals surface area contributed by atoms with Crippen LogP contribution in [0.15, 0.2) is 42.5 Å². The summed E-state index contributed by atoms with van der Waals surface area (Å²) in [7, 11) is 0. The molecule has 0 heterocycles. The lowest BCUT2D eigenvalue weighted by Gasteiger charge is -2.14. The molecular weight excluding hydrogens is 243 g/mol. The molecule has 0 aliphatic carbocycles. The van der Waals surface area contributed by atoms with Crippen LogP contribution in [0.4, 0.5) is 4.39 Å². The highest BCUT2D eigenvalue weighted by molar-refractivity contribution is 5.39. The molecular formula is C16H17FO2. The largest absolute Gasteiger partial charge is 0.457 e. The third kappa shape index (κ3) is 3.12. The highest BCUT2D eigenvalue weighted by Gasteiger charge is 2.12. The number of aryl methyl sites for hydroxylation is 1. The lowest BCUT2D eigenvalue weighted by molar-refractivity contribution is 0.170. The van der Waals surface area contributed by atoms with Crippen molar-refractivity contribution in [2.75, 3.05) is 0 Å². The Bertz CT molecular complexity index is 566. The van der Waals surface area contributed by atoms with Gasteiger partial charge < -0.3 is 9.84 Å². The summed E-state index contributed by atoms with van der Waals surface area (Å²) in [5, 5.41) is 9.93. The lowest BCUT2D eigenvalue weighted by atomic mass is 10.1. The number of halogens is 1. The molecule has 2 rings (SSSR count). The first-order valence-electron chi connectivity index (χ1n) is 6.32. The van der Waals surface area contributed by atoms with Crippen LogP contribution in [0.5, 0.6) is 11.5 Å². The molecule has 2 aromatic carbocycles. The third-order valence-corrected chi connectivity index (χ3v) is 3.04. The predicted molar refractivity (Wildman–Crippen MR) is 72.9 cm³/mol. The van der Waals surface area contributed by atoms with Crippen molar-refractivity contribution in [3.63, 3.8) is 0 Å². The van der Waals surface area contributed by atoms with E-state index < -0.39 is 6.10 Å². The van der Waals surface area contributed by atoms with Crippen LogP contribution in [0.1, 0.15) is 30.6 Å². The van der Waals surface area contributed by atoms with Crippen molar-refractivity contribution in [2.24, 2.45) is 0 Å². The first-order chi connectivity index (χ1) is 9.11. The standard InChI is InChI=1S/C16H17FO2/c1-3-15(18)13-6-4-5-7-16(13)19-12-9-8-11(2)14(17)10-12/h4-10,15,18H,3H2,1-2H3/t15-/m0/s1. The molecule has 0 bridgehead atoms. The molecule has 0 amide bonds. The quantitative estimate of drug-likeness (QED) is 0.884. The number of para-hydroxylation sites is 1. The Kier molecular flexibility index (Phi) is 4.17. The molecule has 100 valence electrons. The molecule has 0 aliphatic rings. The summed E-state index contributed by atoms with van der Waals surface area (Å²) in [4.78, 5) is 0. The first kappa shape index (κ1) is 13.6. The molecule has 0 saturated carbocycles. The van der Waals surface area contributed by atoms with Crippen molar-refractivity contribution in [2.45, 2.75) is 26.4 Å². The summed E-state index contributed by atoms with van der Waals surface area (Å²) in [6.45, 7) is 3.60. The molecule has 1 atom stereocenters. The van der Waals surface area contributed by atoms with Crippen molar-refractivity contribution >= 4 is 0 Å². The van der Waals surface area contributed by atoms with Crippen molar-refractivity contribution in [3.8, 4) is 11.5 Å². The number of benzene rings is 2. The molecule has 0 saturated heterocycles. The van der Waals surface area contributed by atoms with E-state index in [1.165, 1.54) is 6.07 Å². The number of aliphatic hydroxyl groups is 1. The predicted octanol–water partition coefficient (Wildman–Crippen LogP) is 4.37. The minimum atomic E-state index is -0.577. The first-order valence-corrected chi connectivity index (χ1v) is 6.32. The van der Waals surface area contributed by atoms with Crippen LogP contribution in [0, 0.1) is 12.7 Å². The summed E-state index contributed by atoms with van der Waals surface area (Å²) in [6.07, 6.45) is 0.0225. The van der Waals surface area contributed by atoms with Crippen molar-refractivity contribution < 1.29 is 14.2 Å². The van der Waals surface area contributed by atoms with E-state index in [0.29, 0.717) is 29.0 Å². The van der Waals surface area contributed by atoms with Crippen LogP contribution >= 0.6 is 0 Å². The van der Waals surface area contributed by atoms with E-state index in [4.69, 9.17) is 4.74 Å². The number of hydrogen-bond acceptors (Lipinski definition) is 2. The maximum absolute atomic E-state index is 13.5. The molecule has 2 nitrogen and oxygen atoms in total. The van der Waals surface area contributed by atoms with Gasteiger partial charge in [-0.2, -0.15) is 0 Å². The number of aliphatic hydroxyl groups excluding tert-OH is 1. The molecule has 0 aliphatic heterocycles. The second kappa shape index (κ2) is 5.85. The van der Waals surface area contributed by atoms with Gasteiger partial charge in [-0.1, -0.05) is 31.2 Å². The second-order valence-corrected chi connectivity index (χ2v) is 4.47. The van der Waals surface area contributed by atoms with Gasteiger partial charge in [0.25, 0.3) is 0 Å². The smallest absolute Gasteiger partial charge is 0.133 e. The maximum Gasteiger partial charge on any atom is 0.133 e. The van der Waals surface area contributed by atoms with Crippen LogP contribution in [0.25, 0.3) is 0 Å². The molecule has 3 heteroatoms. The van der Waals surface area contributed by atoms with Crippen LogP contribution < -0.4 is 4.74 Å². The van der Waals surface area contributed by atoms with E-state index in [-0.39, 0.29) is 5.82 Å². The van der Waals surface area contributed by atoms with Gasteiger partial charge in [-0.3, -0.25) is 0 Å². The molecule has 0 spiro atoms. The zero-order valence-corrected chi connectivity index (χ0v) is 11.1. The number of ether oxygens (including phenoxy) is 1. The third-order valence-electron chi connectivity index (χ3n) is 3.04. The summed E-state index contributed by atoms with van der Waals surface area (Å²) in [5.41, 5.74) is 1.29. The normalized spacial score (nSPS) is 12.2. The van der Waals surface area contributed by atoms with E-state index >= 15 is 0 Å². The Labute approximate surface area is 112 Å². The fourth-order valence-electron chi connectivity index (χ4n) is 1.83. The Morgan fingerprint density at radius 3 is 2.63 bits per heavy atom. The minimum Gasteiger partial charge on any atom is -0.457 e. The Morgan fingerprint density at radius 2 is 1.95 bits per heavy atom. The zero-order valence-electron chi connectivity index (χ0n) is 11.1. The van der Waals surface area contributed by atoms with Gasteiger partial charge >= 0.3 is 0 Å². The highest BCUT2D eigenvalue weighted by Crippen LogP contribution is 2.31. The van der Waals surface area contributed by atoms with Gasteiger partial charge in [-0.25, -0.2) is 4.39 Å². The van der Waals surface area contributed by atoms with Crippen molar-refractivity contribution in [1.29, 1.82) is 0 Å². The summed E-state index contributed by atoms with van der Waals surface area (Å²) < 4.78 is 19.1. The molecule has 0 fully saturated rings. The Balaban J connectivity index is 2.30. The highest BCUT2D eigenvalue weighted by atomic mass is 19.1. The molecule has 19 heavy (non-hydrogen) atoms. The summed E-state index contributed by atoms with van der Waals surface area (Å²) >= 11 is 0. The minimum absolute atomic E-state index is 0.300. The average molecular weight is 260 g/mol. The topological polar surface area (TPSA) is 29.5 Å². The van der Waals surface area contributed by atoms with Crippen LogP contribution in [-0.2, 0) is 0 Å². The molecule has 0 aromatic heterocycles. The lowest BCUT2D eigenvalue weighted by Crippen LogP contribution is -1.98. The Hall–Kier alpha value is -1.87. The van der Waals surface area contributed by atoms with E-state index in [1.54, 1.807) is 25.1 Å². The maximum atomic E-state index is 13.5. The van der Waals surface area contributed by atoms with Gasteiger partial charge in [-0.15, -0.1) is 0 Å². The van der Waals surface area contributed by atoms with E-state index in [2.05, 4.69) is 0 Å². The number of rotatable bonds is 4. The van der Waals surface area contributed by atoms with Gasteiger partial charge in [-0.05, 0) is 31.0 Å². The van der Waals surface area contributed by atoms with E-state index in [9.17, 15) is 9.50 Å². The monoisotopic (exact) mass is 260 g/mol. The van der Waals surface area contributed by atoms with Crippen LogP contribution in [0.2, 0.25) is 0 Å². The fourth-order valence-corrected chi connectivity index (χ4v) is 1.83. The zero-order chi connectivity index (χ0) is 13.8. The van der Waals surface area contributed by atoms with Crippen LogP contribution in [-0.4, -0.2) is 5.11 Å². The summed E-state index contributed by atoms with van der Waals surface area (Å²) in [5.74, 6) is 0.685. The van der Waals surface area contributed by atoms with Crippen molar-refractivity contribution in [3.05, 3.63) is 59.4 Å². The molecule has 0 unspecified atom stereocenters. The van der Waals surface area contributed by atoms with Gasteiger partial charge in [0.1, 0.15) is 17.3 Å². The van der Waals surface area contributed by atoms with E-state index in [0.717, 1.165) is 0 Å². The summed E-state index contributed by atoms with van der Waals surface area (Å²) in [6, 6.07) is 12.0. The van der Waals surface area contributed by atoms with Gasteiger partial charge in [0.2, 0.25) is 0 Å². The van der Waals surface area contributed by atoms with Gasteiger partial charge in [0.05, 0.1) is 6.10 Å². The second-order valence-electron chi connectivity index (χ2n) is 4.47. The number of hydrogen-bond donors (Lipinski definition) is 1. The average Bonchev–Trinajstić information content (AvgIpc) is 2.43. The SMILES string of the molecule is CC[C@H](O)c1ccccc1Oc1ccc(C)c(F)c1. The molecule has 0 radical (unpaired) electrons.